The number of hydrogen-bond acceptors (Lipinski definition) is 4. The molecular weight excluding hydrogens is 377 g/mol. The van der Waals surface area contributed by atoms with E-state index in [9.17, 15) is 14.0 Å². The van der Waals surface area contributed by atoms with E-state index in [1.54, 1.807) is 47.8 Å². The van der Waals surface area contributed by atoms with Gasteiger partial charge in [0.15, 0.2) is 0 Å². The number of aromatic nitrogens is 1. The van der Waals surface area contributed by atoms with Gasteiger partial charge in [-0.05, 0) is 36.2 Å². The van der Waals surface area contributed by atoms with Crippen LogP contribution in [0.4, 0.5) is 15.8 Å². The van der Waals surface area contributed by atoms with Crippen LogP contribution in [0.15, 0.2) is 53.9 Å². The third kappa shape index (κ3) is 5.23. The molecule has 144 valence electrons. The van der Waals surface area contributed by atoms with Gasteiger partial charge in [0.05, 0.1) is 5.01 Å². The van der Waals surface area contributed by atoms with Crippen LogP contribution in [-0.2, 0) is 11.2 Å². The van der Waals surface area contributed by atoms with Crippen LogP contribution in [0, 0.1) is 5.82 Å². The van der Waals surface area contributed by atoms with E-state index >= 15 is 0 Å². The molecule has 0 aliphatic heterocycles. The van der Waals surface area contributed by atoms with Crippen LogP contribution in [-0.4, -0.2) is 16.8 Å². The number of halogens is 1. The first-order chi connectivity index (χ1) is 13.5. The molecule has 2 N–H and O–H groups in total. The van der Waals surface area contributed by atoms with Gasteiger partial charge in [-0.15, -0.1) is 11.3 Å². The van der Waals surface area contributed by atoms with Crippen molar-refractivity contribution in [2.75, 3.05) is 10.6 Å². The molecule has 0 aliphatic carbocycles. The number of carbonyl (C=O) groups excluding carboxylic acids is 2. The summed E-state index contributed by atoms with van der Waals surface area (Å²) in [5, 5.41) is 7.88. The minimum atomic E-state index is -0.354. The first-order valence-corrected chi connectivity index (χ1v) is 9.82. The highest BCUT2D eigenvalue weighted by molar-refractivity contribution is 7.09. The summed E-state index contributed by atoms with van der Waals surface area (Å²) in [6.07, 6.45) is 1.55. The highest BCUT2D eigenvalue weighted by Gasteiger charge is 2.13. The molecule has 0 aliphatic rings. The zero-order valence-electron chi connectivity index (χ0n) is 15.4. The van der Waals surface area contributed by atoms with Crippen molar-refractivity contribution in [3.63, 3.8) is 0 Å². The van der Waals surface area contributed by atoms with E-state index in [0.29, 0.717) is 34.8 Å². The van der Waals surface area contributed by atoms with Crippen LogP contribution in [0.3, 0.4) is 0 Å². The maximum Gasteiger partial charge on any atom is 0.275 e. The van der Waals surface area contributed by atoms with Crippen molar-refractivity contribution in [1.82, 2.24) is 4.98 Å². The molecule has 2 amide bonds. The molecule has 0 unspecified atom stereocenters. The summed E-state index contributed by atoms with van der Waals surface area (Å²) in [6.45, 7) is 1.94. The molecule has 2 aromatic carbocycles. The van der Waals surface area contributed by atoms with Gasteiger partial charge in [-0.1, -0.05) is 31.2 Å². The van der Waals surface area contributed by atoms with Gasteiger partial charge in [0.2, 0.25) is 5.91 Å². The van der Waals surface area contributed by atoms with E-state index in [1.165, 1.54) is 17.4 Å². The monoisotopic (exact) mass is 397 g/mol. The van der Waals surface area contributed by atoms with Crippen LogP contribution in [0.25, 0.3) is 0 Å². The lowest BCUT2D eigenvalue weighted by Gasteiger charge is -2.08. The summed E-state index contributed by atoms with van der Waals surface area (Å²) >= 11 is 1.31. The Labute approximate surface area is 166 Å². The fourth-order valence-corrected chi connectivity index (χ4v) is 3.42. The van der Waals surface area contributed by atoms with Gasteiger partial charge in [0.1, 0.15) is 11.5 Å². The maximum atomic E-state index is 13.8. The van der Waals surface area contributed by atoms with Gasteiger partial charge in [-0.25, -0.2) is 9.37 Å². The van der Waals surface area contributed by atoms with Crippen molar-refractivity contribution >= 4 is 34.5 Å². The number of amides is 2. The quantitative estimate of drug-likeness (QED) is 0.598. The summed E-state index contributed by atoms with van der Waals surface area (Å²) in [5.74, 6) is -0.707. The lowest BCUT2D eigenvalue weighted by atomic mass is 10.1. The molecule has 0 atom stereocenters. The molecular formula is C21H20FN3O2S. The molecule has 0 bridgehead atoms. The summed E-state index contributed by atoms with van der Waals surface area (Å²) < 4.78 is 13.8. The number of anilines is 2. The Balaban J connectivity index is 1.65. The first-order valence-electron chi connectivity index (χ1n) is 8.94. The second-order valence-electron chi connectivity index (χ2n) is 6.23. The largest absolute Gasteiger partial charge is 0.326 e. The molecule has 0 fully saturated rings. The van der Waals surface area contributed by atoms with Crippen molar-refractivity contribution in [2.45, 2.75) is 26.2 Å². The van der Waals surface area contributed by atoms with Crippen LogP contribution in [0.1, 0.15) is 40.8 Å². The first kappa shape index (κ1) is 19.7. The average molecular weight is 397 g/mol. The molecule has 1 heterocycles. The Morgan fingerprint density at radius 1 is 1.07 bits per heavy atom. The Morgan fingerprint density at radius 2 is 1.82 bits per heavy atom. The zero-order valence-corrected chi connectivity index (χ0v) is 16.2. The molecule has 0 radical (unpaired) electrons. The number of hydrogen-bond donors (Lipinski definition) is 2. The molecule has 0 saturated heterocycles. The lowest BCUT2D eigenvalue weighted by molar-refractivity contribution is -0.116. The summed E-state index contributed by atoms with van der Waals surface area (Å²) in [5.41, 5.74) is 1.99. The molecule has 0 saturated carbocycles. The van der Waals surface area contributed by atoms with Gasteiger partial charge in [0, 0.05) is 29.6 Å². The Kier molecular flexibility index (Phi) is 6.49. The third-order valence-electron chi connectivity index (χ3n) is 3.97. The van der Waals surface area contributed by atoms with E-state index in [0.717, 1.165) is 6.42 Å². The molecule has 3 aromatic rings. The number of benzene rings is 2. The van der Waals surface area contributed by atoms with Crippen molar-refractivity contribution < 1.29 is 14.0 Å². The molecule has 1 aromatic heterocycles. The highest BCUT2D eigenvalue weighted by Crippen LogP contribution is 2.19. The van der Waals surface area contributed by atoms with Crippen molar-refractivity contribution in [3.05, 3.63) is 76.0 Å². The second kappa shape index (κ2) is 9.23. The minimum absolute atomic E-state index is 0.0664. The molecule has 7 heteroatoms. The third-order valence-corrected chi connectivity index (χ3v) is 4.81. The summed E-state index contributed by atoms with van der Waals surface area (Å²) in [6, 6.07) is 13.5. The standard InChI is InChI=1S/C21H20FN3O2S/c1-2-6-19(26)23-15-8-5-9-16(12-15)24-21(27)18-13-28-20(25-18)11-14-7-3-4-10-17(14)22/h3-5,7-10,12-13H,2,6,11H2,1H3,(H,23,26)(H,24,27). The SMILES string of the molecule is CCCC(=O)Nc1cccc(NC(=O)c2csc(Cc3ccccc3F)n2)c1. The Morgan fingerprint density at radius 3 is 2.57 bits per heavy atom. The van der Waals surface area contributed by atoms with Gasteiger partial charge in [-0.2, -0.15) is 0 Å². The predicted molar refractivity (Wildman–Crippen MR) is 109 cm³/mol. The molecule has 0 spiro atoms. The summed E-state index contributed by atoms with van der Waals surface area (Å²) in [7, 11) is 0. The highest BCUT2D eigenvalue weighted by atomic mass is 32.1. The fraction of sp³-hybridized carbons (Fsp3) is 0.190. The van der Waals surface area contributed by atoms with Crippen LogP contribution >= 0.6 is 11.3 Å². The number of nitrogens with one attached hydrogen (secondary N) is 2. The number of nitrogens with zero attached hydrogens (tertiary/aromatic N) is 1. The van der Waals surface area contributed by atoms with Gasteiger partial charge in [0.25, 0.3) is 5.91 Å². The van der Waals surface area contributed by atoms with E-state index in [-0.39, 0.29) is 23.3 Å². The van der Waals surface area contributed by atoms with Crippen LogP contribution in [0.5, 0.6) is 0 Å². The average Bonchev–Trinajstić information content (AvgIpc) is 3.13. The molecule has 28 heavy (non-hydrogen) atoms. The van der Waals surface area contributed by atoms with Crippen LogP contribution < -0.4 is 10.6 Å². The number of thiazole rings is 1. The zero-order chi connectivity index (χ0) is 19.9. The van der Waals surface area contributed by atoms with Gasteiger partial charge < -0.3 is 10.6 Å². The van der Waals surface area contributed by atoms with E-state index in [2.05, 4.69) is 15.6 Å². The predicted octanol–water partition coefficient (Wildman–Crippen LogP) is 4.86. The van der Waals surface area contributed by atoms with Gasteiger partial charge >= 0.3 is 0 Å². The van der Waals surface area contributed by atoms with Gasteiger partial charge in [-0.3, -0.25) is 9.59 Å². The number of rotatable bonds is 7. The fourth-order valence-electron chi connectivity index (χ4n) is 2.62. The number of carbonyl (C=O) groups is 2. The van der Waals surface area contributed by atoms with E-state index in [4.69, 9.17) is 0 Å². The van der Waals surface area contributed by atoms with Crippen molar-refractivity contribution in [3.8, 4) is 0 Å². The Hall–Kier alpha value is -3.06. The van der Waals surface area contributed by atoms with E-state index < -0.39 is 0 Å². The second-order valence-corrected chi connectivity index (χ2v) is 7.17. The lowest BCUT2D eigenvalue weighted by Crippen LogP contribution is -2.14. The topological polar surface area (TPSA) is 71.1 Å². The Bertz CT molecular complexity index is 987. The summed E-state index contributed by atoms with van der Waals surface area (Å²) in [4.78, 5) is 28.5. The molecule has 3 rings (SSSR count). The van der Waals surface area contributed by atoms with E-state index in [1.807, 2.05) is 6.92 Å². The molecule has 5 nitrogen and oxygen atoms in total. The minimum Gasteiger partial charge on any atom is -0.326 e. The van der Waals surface area contributed by atoms with Crippen molar-refractivity contribution in [2.24, 2.45) is 0 Å². The normalized spacial score (nSPS) is 10.5. The van der Waals surface area contributed by atoms with Crippen LogP contribution in [0.2, 0.25) is 0 Å². The van der Waals surface area contributed by atoms with Crippen molar-refractivity contribution in [1.29, 1.82) is 0 Å². The smallest absolute Gasteiger partial charge is 0.275 e. The maximum absolute atomic E-state index is 13.8.